The Kier molecular flexibility index (Phi) is 6.93. The van der Waals surface area contributed by atoms with Gasteiger partial charge in [0.2, 0.25) is 5.91 Å². The van der Waals surface area contributed by atoms with Crippen molar-refractivity contribution in [2.75, 3.05) is 0 Å². The normalized spacial score (nSPS) is 30.1. The van der Waals surface area contributed by atoms with E-state index in [9.17, 15) is 9.59 Å². The zero-order chi connectivity index (χ0) is 20.1. The molecule has 28 heavy (non-hydrogen) atoms. The van der Waals surface area contributed by atoms with Crippen LogP contribution in [0.2, 0.25) is 0 Å². The van der Waals surface area contributed by atoms with Crippen molar-refractivity contribution >= 4 is 11.9 Å². The van der Waals surface area contributed by atoms with E-state index < -0.39 is 0 Å². The summed E-state index contributed by atoms with van der Waals surface area (Å²) < 4.78 is 5.77. The lowest BCUT2D eigenvalue weighted by Gasteiger charge is -2.38. The summed E-state index contributed by atoms with van der Waals surface area (Å²) in [5, 5.41) is 3.20. The summed E-state index contributed by atoms with van der Waals surface area (Å²) in [5.74, 6) is 1.34. The maximum atomic E-state index is 13.1. The summed E-state index contributed by atoms with van der Waals surface area (Å²) in [6.07, 6.45) is 8.59. The van der Waals surface area contributed by atoms with Crippen LogP contribution in [0.15, 0.2) is 42.5 Å². The summed E-state index contributed by atoms with van der Waals surface area (Å²) in [5.41, 5.74) is 0.545. The molecule has 4 heteroatoms. The summed E-state index contributed by atoms with van der Waals surface area (Å²) in [7, 11) is 0. The minimum atomic E-state index is -0.327. The Morgan fingerprint density at radius 2 is 1.86 bits per heavy atom. The van der Waals surface area contributed by atoms with Crippen LogP contribution in [0.1, 0.15) is 63.2 Å². The Labute approximate surface area is 168 Å². The fourth-order valence-corrected chi connectivity index (χ4v) is 4.63. The van der Waals surface area contributed by atoms with Gasteiger partial charge in [-0.15, -0.1) is 0 Å². The van der Waals surface area contributed by atoms with Gasteiger partial charge in [0.1, 0.15) is 6.10 Å². The number of esters is 1. The first-order chi connectivity index (χ1) is 13.5. The molecular weight excluding hydrogens is 350 g/mol. The van der Waals surface area contributed by atoms with Gasteiger partial charge in [0.15, 0.2) is 0 Å². The number of benzene rings is 1. The number of rotatable bonds is 5. The second-order valence-corrected chi connectivity index (χ2v) is 8.78. The predicted molar refractivity (Wildman–Crippen MR) is 111 cm³/mol. The standard InChI is InChI=1S/C24H33NO3/c1-16(2)19-14-13-17(3)15-20(19)23(26)25-21-11-7-8-12-22(21)28-24(27)18-9-5-4-6-10-18/h4-7,9-11,16-17,19-22H,8,12-15H2,1-3H3,(H,25,26)/t17-,19+,20-,21-,22-/m1/s1. The fourth-order valence-electron chi connectivity index (χ4n) is 4.63. The third-order valence-electron chi connectivity index (χ3n) is 6.30. The molecular formula is C24H33NO3. The predicted octanol–water partition coefficient (Wildman–Crippen LogP) is 4.76. The van der Waals surface area contributed by atoms with Crippen LogP contribution in [0.4, 0.5) is 0 Å². The van der Waals surface area contributed by atoms with E-state index in [0.717, 1.165) is 25.7 Å². The van der Waals surface area contributed by atoms with Gasteiger partial charge in [-0.1, -0.05) is 57.5 Å². The number of amides is 1. The Balaban J connectivity index is 1.66. The molecule has 1 N–H and O–H groups in total. The first kappa shape index (κ1) is 20.6. The smallest absolute Gasteiger partial charge is 0.338 e. The van der Waals surface area contributed by atoms with Crippen molar-refractivity contribution < 1.29 is 14.3 Å². The van der Waals surface area contributed by atoms with Crippen molar-refractivity contribution in [3.05, 3.63) is 48.0 Å². The summed E-state index contributed by atoms with van der Waals surface area (Å²) in [4.78, 5) is 25.6. The first-order valence-electron chi connectivity index (χ1n) is 10.7. The van der Waals surface area contributed by atoms with E-state index in [1.54, 1.807) is 12.1 Å². The lowest BCUT2D eigenvalue weighted by Crippen LogP contribution is -2.49. The van der Waals surface area contributed by atoms with Crippen LogP contribution in [0.3, 0.4) is 0 Å². The van der Waals surface area contributed by atoms with E-state index in [1.807, 2.05) is 24.3 Å². The molecule has 0 unspecified atom stereocenters. The number of hydrogen-bond donors (Lipinski definition) is 1. The zero-order valence-electron chi connectivity index (χ0n) is 17.3. The van der Waals surface area contributed by atoms with Gasteiger partial charge in [0.25, 0.3) is 0 Å². The summed E-state index contributed by atoms with van der Waals surface area (Å²) >= 11 is 0. The number of carbonyl (C=O) groups excluding carboxylic acids is 2. The van der Waals surface area contributed by atoms with Gasteiger partial charge in [-0.2, -0.15) is 0 Å². The quantitative estimate of drug-likeness (QED) is 0.589. The topological polar surface area (TPSA) is 55.4 Å². The first-order valence-corrected chi connectivity index (χ1v) is 10.7. The number of allylic oxidation sites excluding steroid dienone is 1. The maximum Gasteiger partial charge on any atom is 0.338 e. The number of carbonyl (C=O) groups is 2. The van der Waals surface area contributed by atoms with Gasteiger partial charge in [-0.25, -0.2) is 4.79 Å². The largest absolute Gasteiger partial charge is 0.456 e. The second-order valence-electron chi connectivity index (χ2n) is 8.78. The van der Waals surface area contributed by atoms with E-state index >= 15 is 0 Å². The minimum Gasteiger partial charge on any atom is -0.456 e. The molecule has 2 aliphatic carbocycles. The number of nitrogens with one attached hydrogen (secondary N) is 1. The lowest BCUT2D eigenvalue weighted by molar-refractivity contribution is -0.130. The molecule has 4 nitrogen and oxygen atoms in total. The Morgan fingerprint density at radius 3 is 2.57 bits per heavy atom. The minimum absolute atomic E-state index is 0.0459. The molecule has 1 saturated carbocycles. The van der Waals surface area contributed by atoms with Gasteiger partial charge >= 0.3 is 5.97 Å². The fraction of sp³-hybridized carbons (Fsp3) is 0.583. The van der Waals surface area contributed by atoms with E-state index in [1.165, 1.54) is 6.42 Å². The third kappa shape index (κ3) is 5.03. The van der Waals surface area contributed by atoms with Crippen LogP contribution in [0, 0.1) is 23.7 Å². The van der Waals surface area contributed by atoms with Crippen LogP contribution in [-0.2, 0) is 9.53 Å². The highest BCUT2D eigenvalue weighted by Crippen LogP contribution is 2.38. The van der Waals surface area contributed by atoms with Crippen molar-refractivity contribution in [1.82, 2.24) is 5.32 Å². The van der Waals surface area contributed by atoms with Gasteiger partial charge in [-0.3, -0.25) is 4.79 Å². The molecule has 1 aromatic carbocycles. The molecule has 1 aromatic rings. The summed E-state index contributed by atoms with van der Waals surface area (Å²) in [6.45, 7) is 6.67. The zero-order valence-corrected chi connectivity index (χ0v) is 17.3. The highest BCUT2D eigenvalue weighted by molar-refractivity contribution is 5.89. The maximum absolute atomic E-state index is 13.1. The molecule has 0 aliphatic heterocycles. The van der Waals surface area contributed by atoms with Crippen LogP contribution in [0.5, 0.6) is 0 Å². The number of hydrogen-bond acceptors (Lipinski definition) is 3. The van der Waals surface area contributed by atoms with Crippen molar-refractivity contribution in [3.8, 4) is 0 Å². The van der Waals surface area contributed by atoms with Crippen molar-refractivity contribution in [2.45, 2.75) is 65.0 Å². The lowest BCUT2D eigenvalue weighted by atomic mass is 9.69. The van der Waals surface area contributed by atoms with Gasteiger partial charge in [-0.05, 0) is 55.6 Å². The Hall–Kier alpha value is -2.10. The van der Waals surface area contributed by atoms with Crippen molar-refractivity contribution in [3.63, 3.8) is 0 Å². The average Bonchev–Trinajstić information content (AvgIpc) is 2.69. The molecule has 0 radical (unpaired) electrons. The van der Waals surface area contributed by atoms with Crippen LogP contribution < -0.4 is 5.32 Å². The van der Waals surface area contributed by atoms with Crippen LogP contribution in [0.25, 0.3) is 0 Å². The molecule has 1 amide bonds. The molecule has 5 atom stereocenters. The van der Waals surface area contributed by atoms with Gasteiger partial charge < -0.3 is 10.1 Å². The van der Waals surface area contributed by atoms with E-state index in [-0.39, 0.29) is 29.9 Å². The van der Waals surface area contributed by atoms with Gasteiger partial charge in [0, 0.05) is 5.92 Å². The van der Waals surface area contributed by atoms with Crippen LogP contribution in [-0.4, -0.2) is 24.0 Å². The van der Waals surface area contributed by atoms with Crippen molar-refractivity contribution in [1.29, 1.82) is 0 Å². The molecule has 0 saturated heterocycles. The molecule has 0 spiro atoms. The Morgan fingerprint density at radius 1 is 1.11 bits per heavy atom. The van der Waals surface area contributed by atoms with E-state index in [0.29, 0.717) is 23.3 Å². The average molecular weight is 384 g/mol. The molecule has 0 aromatic heterocycles. The highest BCUT2D eigenvalue weighted by atomic mass is 16.5. The monoisotopic (exact) mass is 383 g/mol. The van der Waals surface area contributed by atoms with E-state index in [2.05, 4.69) is 32.2 Å². The molecule has 0 bridgehead atoms. The number of ether oxygens (including phenoxy) is 1. The SMILES string of the molecule is CC(C)[C@@H]1CC[C@@H](C)C[C@H]1C(=O)N[C@@H]1C=CCC[C@H]1OC(=O)c1ccccc1. The second kappa shape index (κ2) is 9.40. The molecule has 2 aliphatic rings. The van der Waals surface area contributed by atoms with Crippen LogP contribution >= 0.6 is 0 Å². The molecule has 0 heterocycles. The van der Waals surface area contributed by atoms with Gasteiger partial charge in [0.05, 0.1) is 11.6 Å². The highest BCUT2D eigenvalue weighted by Gasteiger charge is 2.37. The molecule has 3 rings (SSSR count). The Bertz CT molecular complexity index is 697. The third-order valence-corrected chi connectivity index (χ3v) is 6.30. The van der Waals surface area contributed by atoms with E-state index in [4.69, 9.17) is 4.74 Å². The van der Waals surface area contributed by atoms with Crippen molar-refractivity contribution in [2.24, 2.45) is 23.7 Å². The summed E-state index contributed by atoms with van der Waals surface area (Å²) in [6, 6.07) is 8.79. The molecule has 1 fully saturated rings. The molecule has 152 valence electrons.